The quantitative estimate of drug-likeness (QED) is 0.681. The maximum atomic E-state index is 12.1. The predicted molar refractivity (Wildman–Crippen MR) is 84.3 cm³/mol. The molecule has 2 N–H and O–H groups in total. The van der Waals surface area contributed by atoms with Crippen molar-refractivity contribution in [2.75, 3.05) is 39.0 Å². The zero-order valence-electron chi connectivity index (χ0n) is 12.0. The number of hydrogen-bond acceptors (Lipinski definition) is 5. The second-order valence-corrected chi connectivity index (χ2v) is 6.15. The minimum absolute atomic E-state index is 0.0907. The van der Waals surface area contributed by atoms with Gasteiger partial charge in [0.15, 0.2) is 0 Å². The second-order valence-electron chi connectivity index (χ2n) is 5.36. The molecule has 0 radical (unpaired) electrons. The molecule has 1 fully saturated rings. The van der Waals surface area contributed by atoms with Gasteiger partial charge in [-0.05, 0) is 42.9 Å². The van der Waals surface area contributed by atoms with Crippen LogP contribution in [0, 0.1) is 0 Å². The highest BCUT2D eigenvalue weighted by Crippen LogP contribution is 2.18. The Bertz CT molecular complexity index is 498. The minimum Gasteiger partial charge on any atom is -0.381 e. The van der Waals surface area contributed by atoms with Gasteiger partial charge in [-0.15, -0.1) is 0 Å². The molecule has 6 nitrogen and oxygen atoms in total. The average Bonchev–Trinajstić information content (AvgIpc) is 3.22. The smallest absolute Gasteiger partial charge is 0.283 e. The molecule has 0 aliphatic heterocycles. The number of nitrogens with one attached hydrogen (secondary N) is 2. The predicted octanol–water partition coefficient (Wildman–Crippen LogP) is 0.731. The van der Waals surface area contributed by atoms with E-state index in [2.05, 4.69) is 31.7 Å². The van der Waals surface area contributed by atoms with Gasteiger partial charge in [0.05, 0.1) is 18.4 Å². The van der Waals surface area contributed by atoms with Crippen LogP contribution in [0.4, 0.5) is 5.69 Å². The maximum absolute atomic E-state index is 12.1. The summed E-state index contributed by atoms with van der Waals surface area (Å²) in [5.74, 6) is 0. The minimum atomic E-state index is -0.0907. The zero-order chi connectivity index (χ0) is 14.5. The maximum Gasteiger partial charge on any atom is 0.283 e. The van der Waals surface area contributed by atoms with Gasteiger partial charge in [0, 0.05) is 25.7 Å². The Balaban J connectivity index is 1.89. The third kappa shape index (κ3) is 4.57. The van der Waals surface area contributed by atoms with E-state index in [4.69, 9.17) is 0 Å². The molecule has 1 saturated carbocycles. The molecule has 1 aliphatic carbocycles. The van der Waals surface area contributed by atoms with Gasteiger partial charge in [-0.2, -0.15) is 5.10 Å². The summed E-state index contributed by atoms with van der Waals surface area (Å²) in [6.45, 7) is 3.07. The van der Waals surface area contributed by atoms with E-state index in [0.29, 0.717) is 17.1 Å². The summed E-state index contributed by atoms with van der Waals surface area (Å²) in [5, 5.41) is 10.9. The molecule has 0 unspecified atom stereocenters. The highest BCUT2D eigenvalue weighted by molar-refractivity contribution is 9.10. The molecular formula is C13H22BrN5O. The van der Waals surface area contributed by atoms with Crippen molar-refractivity contribution in [2.24, 2.45) is 0 Å². The van der Waals surface area contributed by atoms with Crippen LogP contribution >= 0.6 is 15.9 Å². The molecule has 1 heterocycles. The van der Waals surface area contributed by atoms with E-state index in [1.807, 2.05) is 19.0 Å². The normalized spacial score (nSPS) is 14.8. The molecule has 0 aromatic carbocycles. The molecule has 7 heteroatoms. The van der Waals surface area contributed by atoms with Crippen molar-refractivity contribution in [3.63, 3.8) is 0 Å². The van der Waals surface area contributed by atoms with E-state index in [1.165, 1.54) is 17.5 Å². The fourth-order valence-electron chi connectivity index (χ4n) is 1.80. The van der Waals surface area contributed by atoms with E-state index < -0.39 is 0 Å². The summed E-state index contributed by atoms with van der Waals surface area (Å²) in [6, 6.07) is 0.706. The summed E-state index contributed by atoms with van der Waals surface area (Å²) in [5.41, 5.74) is 0.667. The summed E-state index contributed by atoms with van der Waals surface area (Å²) in [4.78, 5) is 14.2. The first-order chi connectivity index (χ1) is 9.58. The number of rotatable bonds is 8. The first kappa shape index (κ1) is 15.5. The van der Waals surface area contributed by atoms with Crippen molar-refractivity contribution in [1.29, 1.82) is 0 Å². The van der Waals surface area contributed by atoms with Crippen LogP contribution in [0.15, 0.2) is 15.5 Å². The number of hydrogen-bond donors (Lipinski definition) is 2. The van der Waals surface area contributed by atoms with Crippen LogP contribution in [0.5, 0.6) is 0 Å². The Kier molecular flexibility index (Phi) is 5.56. The zero-order valence-corrected chi connectivity index (χ0v) is 13.6. The lowest BCUT2D eigenvalue weighted by atomic mass is 10.4. The molecule has 0 bridgehead atoms. The number of anilines is 1. The number of nitrogens with zero attached hydrogens (tertiary/aromatic N) is 3. The Morgan fingerprint density at radius 2 is 2.20 bits per heavy atom. The van der Waals surface area contributed by atoms with Crippen LogP contribution in [0.1, 0.15) is 12.8 Å². The van der Waals surface area contributed by atoms with Gasteiger partial charge in [-0.25, -0.2) is 4.68 Å². The molecule has 1 aromatic rings. The Morgan fingerprint density at radius 3 is 2.85 bits per heavy atom. The standard InChI is InChI=1S/C13H22BrN5O/c1-18(2)7-8-19-13(20)12(14)11(9-17-19)16-6-5-15-10-3-4-10/h9-10,15-16H,3-8H2,1-2H3. The first-order valence-electron chi connectivity index (χ1n) is 6.95. The molecule has 20 heavy (non-hydrogen) atoms. The van der Waals surface area contributed by atoms with Crippen molar-refractivity contribution in [1.82, 2.24) is 20.0 Å². The van der Waals surface area contributed by atoms with Crippen molar-refractivity contribution < 1.29 is 0 Å². The third-order valence-electron chi connectivity index (χ3n) is 3.19. The van der Waals surface area contributed by atoms with E-state index >= 15 is 0 Å². The molecule has 112 valence electrons. The summed E-state index contributed by atoms with van der Waals surface area (Å²) < 4.78 is 2.04. The van der Waals surface area contributed by atoms with Crippen molar-refractivity contribution in [2.45, 2.75) is 25.4 Å². The van der Waals surface area contributed by atoms with E-state index in [-0.39, 0.29) is 5.56 Å². The lowest BCUT2D eigenvalue weighted by molar-refractivity contribution is 0.367. The average molecular weight is 344 g/mol. The van der Waals surface area contributed by atoms with Gasteiger partial charge >= 0.3 is 0 Å². The van der Waals surface area contributed by atoms with Gasteiger partial charge in [0.25, 0.3) is 5.56 Å². The topological polar surface area (TPSA) is 62.2 Å². The van der Waals surface area contributed by atoms with Gasteiger partial charge in [-0.3, -0.25) is 4.79 Å². The lowest BCUT2D eigenvalue weighted by Crippen LogP contribution is -2.30. The van der Waals surface area contributed by atoms with Crippen LogP contribution in [0.3, 0.4) is 0 Å². The fourth-order valence-corrected chi connectivity index (χ4v) is 2.25. The molecule has 2 rings (SSSR count). The van der Waals surface area contributed by atoms with Gasteiger partial charge in [-0.1, -0.05) is 0 Å². The van der Waals surface area contributed by atoms with E-state index in [9.17, 15) is 4.79 Å². The Labute approximate surface area is 127 Å². The first-order valence-corrected chi connectivity index (χ1v) is 7.75. The van der Waals surface area contributed by atoms with Crippen molar-refractivity contribution in [3.8, 4) is 0 Å². The highest BCUT2D eigenvalue weighted by Gasteiger charge is 2.19. The van der Waals surface area contributed by atoms with Gasteiger partial charge in [0.1, 0.15) is 4.47 Å². The summed E-state index contributed by atoms with van der Waals surface area (Å²) in [7, 11) is 3.95. The number of likely N-dealkylation sites (N-methyl/N-ethyl adjacent to an activating group) is 1. The van der Waals surface area contributed by atoms with Crippen LogP contribution < -0.4 is 16.2 Å². The Morgan fingerprint density at radius 1 is 1.45 bits per heavy atom. The van der Waals surface area contributed by atoms with Crippen molar-refractivity contribution in [3.05, 3.63) is 21.0 Å². The molecule has 0 amide bonds. The lowest BCUT2D eigenvalue weighted by Gasteiger charge is -2.13. The Hall–Kier alpha value is -0.920. The summed E-state index contributed by atoms with van der Waals surface area (Å²) >= 11 is 3.36. The van der Waals surface area contributed by atoms with Gasteiger partial charge in [0.2, 0.25) is 0 Å². The molecule has 0 spiro atoms. The number of aromatic nitrogens is 2. The van der Waals surface area contributed by atoms with Gasteiger partial charge < -0.3 is 15.5 Å². The molecule has 1 aromatic heterocycles. The van der Waals surface area contributed by atoms with Crippen LogP contribution in [-0.4, -0.2) is 54.5 Å². The second kappa shape index (κ2) is 7.19. The van der Waals surface area contributed by atoms with E-state index in [0.717, 1.165) is 25.3 Å². The highest BCUT2D eigenvalue weighted by atomic mass is 79.9. The van der Waals surface area contributed by atoms with Crippen LogP contribution in [0.2, 0.25) is 0 Å². The molecule has 0 saturated heterocycles. The third-order valence-corrected chi connectivity index (χ3v) is 3.96. The van der Waals surface area contributed by atoms with Crippen molar-refractivity contribution >= 4 is 21.6 Å². The fraction of sp³-hybridized carbons (Fsp3) is 0.692. The number of halogens is 1. The summed E-state index contributed by atoms with van der Waals surface area (Å²) in [6.07, 6.45) is 4.28. The largest absolute Gasteiger partial charge is 0.381 e. The molecular weight excluding hydrogens is 322 g/mol. The molecule has 0 atom stereocenters. The molecule has 1 aliphatic rings. The SMILES string of the molecule is CN(C)CCn1ncc(NCCNC2CC2)c(Br)c1=O. The van der Waals surface area contributed by atoms with E-state index in [1.54, 1.807) is 6.20 Å². The monoisotopic (exact) mass is 343 g/mol. The van der Waals surface area contributed by atoms with Crippen LogP contribution in [-0.2, 0) is 6.54 Å². The van der Waals surface area contributed by atoms with Crippen LogP contribution in [0.25, 0.3) is 0 Å².